The molecule has 0 aliphatic heterocycles. The van der Waals surface area contributed by atoms with Gasteiger partial charge in [0.1, 0.15) is 0 Å². The van der Waals surface area contributed by atoms with Gasteiger partial charge in [0.05, 0.1) is 11.4 Å². The summed E-state index contributed by atoms with van der Waals surface area (Å²) in [6.07, 6.45) is 0. The number of nitrogens with zero attached hydrogens (tertiary/aromatic N) is 2. The van der Waals surface area contributed by atoms with E-state index >= 15 is 0 Å². The van der Waals surface area contributed by atoms with Gasteiger partial charge in [-0.1, -0.05) is 184 Å². The molecule has 0 fully saturated rings. The highest BCUT2D eigenvalue weighted by molar-refractivity contribution is 6.24. The molecular weight excluding hydrogens is 821 g/mol. The van der Waals surface area contributed by atoms with E-state index < -0.39 is 0 Å². The van der Waals surface area contributed by atoms with Crippen molar-refractivity contribution in [2.45, 2.75) is 158 Å². The van der Waals surface area contributed by atoms with Crippen LogP contribution in [-0.4, -0.2) is 0 Å². The summed E-state index contributed by atoms with van der Waals surface area (Å²) in [5, 5.41) is 7.50. The first-order chi connectivity index (χ1) is 32.3. The van der Waals surface area contributed by atoms with E-state index in [1.54, 1.807) is 0 Å². The molecule has 0 bridgehead atoms. The lowest BCUT2D eigenvalue weighted by atomic mass is 9.90. The lowest BCUT2D eigenvalue weighted by molar-refractivity contribution is 0.830. The Morgan fingerprint density at radius 3 is 0.603 bits per heavy atom. The normalized spacial score (nSPS) is 12.3. The molecule has 0 aromatic heterocycles. The van der Waals surface area contributed by atoms with Crippen molar-refractivity contribution in [3.8, 4) is 0 Å². The Morgan fingerprint density at radius 1 is 0.221 bits per heavy atom. The second-order valence-electron chi connectivity index (χ2n) is 22.3. The maximum absolute atomic E-state index is 2.60. The summed E-state index contributed by atoms with van der Waals surface area (Å²) < 4.78 is 0. The van der Waals surface area contributed by atoms with Crippen LogP contribution in [0.25, 0.3) is 32.3 Å². The van der Waals surface area contributed by atoms with E-state index in [4.69, 9.17) is 0 Å². The van der Waals surface area contributed by atoms with Crippen LogP contribution in [0.3, 0.4) is 0 Å². The van der Waals surface area contributed by atoms with Crippen molar-refractivity contribution in [1.29, 1.82) is 0 Å². The van der Waals surface area contributed by atoms with Crippen LogP contribution in [0.1, 0.15) is 203 Å². The Morgan fingerprint density at radius 2 is 0.412 bits per heavy atom. The Labute approximate surface area is 410 Å². The zero-order chi connectivity index (χ0) is 48.9. The van der Waals surface area contributed by atoms with Crippen molar-refractivity contribution in [1.82, 2.24) is 0 Å². The Kier molecular flexibility index (Phi) is 14.0. The van der Waals surface area contributed by atoms with Crippen LogP contribution in [0.15, 0.2) is 133 Å². The molecule has 8 rings (SSSR count). The van der Waals surface area contributed by atoms with Gasteiger partial charge >= 0.3 is 0 Å². The van der Waals surface area contributed by atoms with E-state index in [0.29, 0.717) is 47.3 Å². The molecule has 0 saturated carbocycles. The van der Waals surface area contributed by atoms with Crippen LogP contribution < -0.4 is 9.80 Å². The molecule has 0 amide bonds. The molecule has 0 heterocycles. The number of fused-ring (bicyclic) bond motifs is 5. The van der Waals surface area contributed by atoms with Crippen LogP contribution in [0, 0.1) is 0 Å². The minimum Gasteiger partial charge on any atom is -0.310 e. The number of benzene rings is 8. The average molecular weight is 899 g/mol. The second-order valence-corrected chi connectivity index (χ2v) is 22.3. The quantitative estimate of drug-likeness (QED) is 0.100. The van der Waals surface area contributed by atoms with E-state index in [2.05, 4.69) is 254 Å². The van der Waals surface area contributed by atoms with E-state index in [1.807, 2.05) is 0 Å². The molecule has 0 atom stereocenters. The number of anilines is 6. The fourth-order valence-electron chi connectivity index (χ4n) is 9.96. The fraction of sp³-hybridized carbons (Fsp3) is 0.364. The summed E-state index contributed by atoms with van der Waals surface area (Å²) in [7, 11) is 0. The zero-order valence-corrected chi connectivity index (χ0v) is 44.2. The number of hydrogen-bond donors (Lipinski definition) is 0. The number of rotatable bonds is 14. The van der Waals surface area contributed by atoms with Crippen molar-refractivity contribution < 1.29 is 0 Å². The molecule has 0 N–H and O–H groups in total. The highest BCUT2D eigenvalue weighted by atomic mass is 15.2. The highest BCUT2D eigenvalue weighted by Gasteiger charge is 2.26. The van der Waals surface area contributed by atoms with Crippen LogP contribution >= 0.6 is 0 Å². The zero-order valence-electron chi connectivity index (χ0n) is 44.2. The molecular formula is C66H78N2. The van der Waals surface area contributed by atoms with Crippen LogP contribution in [0.4, 0.5) is 34.1 Å². The predicted molar refractivity (Wildman–Crippen MR) is 301 cm³/mol. The molecule has 68 heavy (non-hydrogen) atoms. The van der Waals surface area contributed by atoms with Gasteiger partial charge in [-0.3, -0.25) is 0 Å². The van der Waals surface area contributed by atoms with Crippen LogP contribution in [0.2, 0.25) is 0 Å². The maximum Gasteiger partial charge on any atom is 0.0546 e. The van der Waals surface area contributed by atoms with Gasteiger partial charge in [-0.15, -0.1) is 0 Å². The molecule has 8 aromatic rings. The monoisotopic (exact) mass is 899 g/mol. The SMILES string of the molecule is CC(C)c1cc(C(C)C)cc(N(c2cc(C(C)C)cc(C(C)C)c2)c2cc3c4ccccc4c(N(c4cc(C(C)C)cc(C(C)C)c4)c4cc(C(C)C)cc(C(C)C)c4)cc3c3ccccc23)c1. The van der Waals surface area contributed by atoms with Crippen molar-refractivity contribution >= 4 is 66.4 Å². The first kappa shape index (κ1) is 48.6. The van der Waals surface area contributed by atoms with Crippen molar-refractivity contribution in [2.24, 2.45) is 0 Å². The molecule has 0 spiro atoms. The van der Waals surface area contributed by atoms with Gasteiger partial charge in [-0.25, -0.2) is 0 Å². The third kappa shape index (κ3) is 9.58. The van der Waals surface area contributed by atoms with Gasteiger partial charge in [0.15, 0.2) is 0 Å². The maximum atomic E-state index is 2.60. The van der Waals surface area contributed by atoms with Gasteiger partial charge < -0.3 is 9.80 Å². The summed E-state index contributed by atoms with van der Waals surface area (Å²) >= 11 is 0. The lowest BCUT2D eigenvalue weighted by Crippen LogP contribution is -2.14. The lowest BCUT2D eigenvalue weighted by Gasteiger charge is -2.32. The third-order valence-corrected chi connectivity index (χ3v) is 14.5. The Balaban J connectivity index is 1.52. The first-order valence-corrected chi connectivity index (χ1v) is 25.9. The topological polar surface area (TPSA) is 6.48 Å². The molecule has 352 valence electrons. The van der Waals surface area contributed by atoms with E-state index in [9.17, 15) is 0 Å². The van der Waals surface area contributed by atoms with E-state index in [-0.39, 0.29) is 0 Å². The highest BCUT2D eigenvalue weighted by Crippen LogP contribution is 2.50. The van der Waals surface area contributed by atoms with Gasteiger partial charge in [0.25, 0.3) is 0 Å². The van der Waals surface area contributed by atoms with E-state index in [1.165, 1.54) is 111 Å². The largest absolute Gasteiger partial charge is 0.310 e. The summed E-state index contributed by atoms with van der Waals surface area (Å²) in [4.78, 5) is 5.20. The standard InChI is InChI=1S/C66H78N2/c1-39(2)47-25-48(40(3)4)30-55(29-47)67(56-31-49(41(5)6)26-50(32-56)42(7)8)65-37-63-60-22-18-20-24-62(60)66(38-64(63)59-21-17-19-23-61(59)65)68(57-33-51(43(9)10)27-52(34-57)44(11)12)58-35-53(45(13)14)28-54(36-58)46(15)16/h17-46H,1-16H3. The molecule has 8 aromatic carbocycles. The minimum absolute atomic E-state index is 0.386. The van der Waals surface area contributed by atoms with Crippen LogP contribution in [-0.2, 0) is 0 Å². The van der Waals surface area contributed by atoms with Crippen molar-refractivity contribution in [3.05, 3.63) is 178 Å². The van der Waals surface area contributed by atoms with Crippen LogP contribution in [0.5, 0.6) is 0 Å². The van der Waals surface area contributed by atoms with Gasteiger partial charge in [-0.05, 0) is 174 Å². The molecule has 0 radical (unpaired) electrons. The minimum atomic E-state index is 0.386. The predicted octanol–water partition coefficient (Wildman–Crippen LogP) is 21.1. The molecule has 2 nitrogen and oxygen atoms in total. The smallest absolute Gasteiger partial charge is 0.0546 e. The first-order valence-electron chi connectivity index (χ1n) is 25.9. The van der Waals surface area contributed by atoms with Gasteiger partial charge in [-0.2, -0.15) is 0 Å². The molecule has 0 unspecified atom stereocenters. The molecule has 0 saturated heterocycles. The van der Waals surface area contributed by atoms with Gasteiger partial charge in [0, 0.05) is 33.5 Å². The molecule has 0 aliphatic rings. The fourth-order valence-corrected chi connectivity index (χ4v) is 9.96. The Bertz CT molecular complexity index is 2660. The number of hydrogen-bond acceptors (Lipinski definition) is 2. The van der Waals surface area contributed by atoms with Crippen molar-refractivity contribution in [3.63, 3.8) is 0 Å². The Hall–Kier alpha value is -5.86. The summed E-state index contributed by atoms with van der Waals surface area (Å²) in [5.74, 6) is 3.09. The summed E-state index contributed by atoms with van der Waals surface area (Å²) in [6, 6.07) is 52.8. The third-order valence-electron chi connectivity index (χ3n) is 14.5. The van der Waals surface area contributed by atoms with E-state index in [0.717, 1.165) is 0 Å². The second kappa shape index (κ2) is 19.6. The molecule has 2 heteroatoms. The van der Waals surface area contributed by atoms with Gasteiger partial charge in [0.2, 0.25) is 0 Å². The summed E-state index contributed by atoms with van der Waals surface area (Å²) in [5.41, 5.74) is 18.2. The summed E-state index contributed by atoms with van der Waals surface area (Å²) in [6.45, 7) is 37.2. The van der Waals surface area contributed by atoms with Crippen molar-refractivity contribution in [2.75, 3.05) is 9.80 Å². The average Bonchev–Trinajstić information content (AvgIpc) is 3.31. The molecule has 0 aliphatic carbocycles.